The molecule has 25 heavy (non-hydrogen) atoms. The van der Waals surface area contributed by atoms with Crippen LogP contribution in [0.4, 0.5) is 0 Å². The summed E-state index contributed by atoms with van der Waals surface area (Å²) < 4.78 is 3.60. The van der Waals surface area contributed by atoms with Crippen LogP contribution in [0, 0.1) is 6.92 Å². The van der Waals surface area contributed by atoms with Crippen molar-refractivity contribution in [3.05, 3.63) is 34.9 Å². The standard InChI is InChI=1S/C17H25ClN6O/c1-4-23-11-15(13(2)20-23)10-21-5-7-22(8-6-21)17(25)14(3)24-12-16(18)9-19-24/h9,11-12,14H,4-8,10H2,1-3H3/t14-/m0/s1. The van der Waals surface area contributed by atoms with Crippen molar-refractivity contribution in [1.29, 1.82) is 0 Å². The molecule has 0 aliphatic carbocycles. The van der Waals surface area contributed by atoms with Crippen molar-refractivity contribution in [3.63, 3.8) is 0 Å². The van der Waals surface area contributed by atoms with E-state index in [-0.39, 0.29) is 11.9 Å². The fourth-order valence-electron chi connectivity index (χ4n) is 3.15. The lowest BCUT2D eigenvalue weighted by atomic mass is 10.2. The van der Waals surface area contributed by atoms with Gasteiger partial charge >= 0.3 is 0 Å². The minimum atomic E-state index is -0.330. The van der Waals surface area contributed by atoms with Crippen molar-refractivity contribution >= 4 is 17.5 Å². The van der Waals surface area contributed by atoms with Crippen LogP contribution in [0.25, 0.3) is 0 Å². The Bertz CT molecular complexity index is 731. The molecule has 1 amide bonds. The summed E-state index contributed by atoms with van der Waals surface area (Å²) in [5, 5.41) is 9.19. The first kappa shape index (κ1) is 17.9. The number of hydrogen-bond acceptors (Lipinski definition) is 4. The van der Waals surface area contributed by atoms with Crippen molar-refractivity contribution in [2.45, 2.75) is 39.9 Å². The number of halogens is 1. The summed E-state index contributed by atoms with van der Waals surface area (Å²) in [6.07, 6.45) is 5.37. The van der Waals surface area contributed by atoms with E-state index >= 15 is 0 Å². The maximum Gasteiger partial charge on any atom is 0.247 e. The normalized spacial score (nSPS) is 17.0. The second-order valence-corrected chi connectivity index (χ2v) is 6.95. The molecule has 0 aromatic carbocycles. The van der Waals surface area contributed by atoms with Crippen molar-refractivity contribution in [2.75, 3.05) is 26.2 Å². The van der Waals surface area contributed by atoms with Crippen LogP contribution in [-0.4, -0.2) is 61.4 Å². The van der Waals surface area contributed by atoms with Gasteiger partial charge in [0.05, 0.1) is 16.9 Å². The number of carbonyl (C=O) groups excluding carboxylic acids is 1. The van der Waals surface area contributed by atoms with E-state index in [0.717, 1.165) is 45.0 Å². The highest BCUT2D eigenvalue weighted by Crippen LogP contribution is 2.16. The second-order valence-electron chi connectivity index (χ2n) is 6.51. The highest BCUT2D eigenvalue weighted by molar-refractivity contribution is 6.30. The molecule has 2 aromatic heterocycles. The van der Waals surface area contributed by atoms with Gasteiger partial charge in [0.25, 0.3) is 0 Å². The van der Waals surface area contributed by atoms with Gasteiger partial charge in [0.1, 0.15) is 6.04 Å². The Kier molecular flexibility index (Phi) is 5.44. The van der Waals surface area contributed by atoms with E-state index in [4.69, 9.17) is 11.6 Å². The lowest BCUT2D eigenvalue weighted by Gasteiger charge is -2.35. The molecule has 0 radical (unpaired) electrons. The molecular formula is C17H25ClN6O. The molecule has 2 aromatic rings. The predicted molar refractivity (Wildman–Crippen MR) is 96.4 cm³/mol. The molecule has 0 bridgehead atoms. The highest BCUT2D eigenvalue weighted by Gasteiger charge is 2.26. The summed E-state index contributed by atoms with van der Waals surface area (Å²) in [6, 6.07) is -0.330. The van der Waals surface area contributed by atoms with Crippen LogP contribution >= 0.6 is 11.6 Å². The molecule has 3 rings (SSSR count). The maximum atomic E-state index is 12.7. The average molecular weight is 365 g/mol. The van der Waals surface area contributed by atoms with Crippen molar-refractivity contribution in [2.24, 2.45) is 0 Å². The van der Waals surface area contributed by atoms with Crippen molar-refractivity contribution in [3.8, 4) is 0 Å². The van der Waals surface area contributed by atoms with Crippen molar-refractivity contribution < 1.29 is 4.79 Å². The zero-order valence-electron chi connectivity index (χ0n) is 15.0. The number of aromatic nitrogens is 4. The van der Waals surface area contributed by atoms with Crippen LogP contribution in [0.5, 0.6) is 0 Å². The SMILES string of the molecule is CCn1cc(CN2CCN(C(=O)[C@H](C)n3cc(Cl)cn3)CC2)c(C)n1. The number of rotatable bonds is 5. The van der Waals surface area contributed by atoms with E-state index in [1.54, 1.807) is 17.1 Å². The number of carbonyl (C=O) groups is 1. The molecule has 0 spiro atoms. The van der Waals surface area contributed by atoms with Gasteiger partial charge in [0.15, 0.2) is 0 Å². The second kappa shape index (κ2) is 7.58. The molecule has 136 valence electrons. The molecule has 1 aliphatic rings. The Morgan fingerprint density at radius 1 is 1.28 bits per heavy atom. The summed E-state index contributed by atoms with van der Waals surface area (Å²) in [5.74, 6) is 0.0920. The third-order valence-electron chi connectivity index (χ3n) is 4.77. The zero-order valence-corrected chi connectivity index (χ0v) is 15.8. The number of nitrogens with zero attached hydrogens (tertiary/aromatic N) is 6. The van der Waals surface area contributed by atoms with E-state index in [0.29, 0.717) is 5.02 Å². The highest BCUT2D eigenvalue weighted by atomic mass is 35.5. The van der Waals surface area contributed by atoms with Crippen LogP contribution in [0.15, 0.2) is 18.6 Å². The lowest BCUT2D eigenvalue weighted by molar-refractivity contribution is -0.136. The Labute approximate surface area is 153 Å². The summed E-state index contributed by atoms with van der Waals surface area (Å²) in [7, 11) is 0. The van der Waals surface area contributed by atoms with E-state index in [1.807, 2.05) is 16.5 Å². The van der Waals surface area contributed by atoms with Crippen LogP contribution < -0.4 is 0 Å². The fraction of sp³-hybridized carbons (Fsp3) is 0.588. The first-order chi connectivity index (χ1) is 12.0. The van der Waals surface area contributed by atoms with Gasteiger partial charge in [0, 0.05) is 57.2 Å². The van der Waals surface area contributed by atoms with Gasteiger partial charge in [-0.2, -0.15) is 10.2 Å². The van der Waals surface area contributed by atoms with Crippen LogP contribution in [0.2, 0.25) is 5.02 Å². The van der Waals surface area contributed by atoms with E-state index < -0.39 is 0 Å². The minimum absolute atomic E-state index is 0.0920. The maximum absolute atomic E-state index is 12.7. The van der Waals surface area contributed by atoms with Crippen LogP contribution in [0.1, 0.15) is 31.1 Å². The summed E-state index contributed by atoms with van der Waals surface area (Å²) in [6.45, 7) is 11.0. The first-order valence-corrected chi connectivity index (χ1v) is 9.09. The van der Waals surface area contributed by atoms with Gasteiger partial charge in [-0.05, 0) is 20.8 Å². The number of aryl methyl sites for hydroxylation is 2. The molecule has 1 fully saturated rings. The Hall–Kier alpha value is -1.86. The molecular weight excluding hydrogens is 340 g/mol. The average Bonchev–Trinajstić information content (AvgIpc) is 3.20. The molecule has 1 saturated heterocycles. The molecule has 0 N–H and O–H groups in total. The third kappa shape index (κ3) is 4.04. The molecule has 3 heterocycles. The lowest BCUT2D eigenvalue weighted by Crippen LogP contribution is -2.50. The largest absolute Gasteiger partial charge is 0.338 e. The molecule has 7 nitrogen and oxygen atoms in total. The number of piperazine rings is 1. The topological polar surface area (TPSA) is 59.2 Å². The first-order valence-electron chi connectivity index (χ1n) is 8.71. The van der Waals surface area contributed by atoms with E-state index in [1.165, 1.54) is 5.56 Å². The van der Waals surface area contributed by atoms with Crippen LogP contribution in [0.3, 0.4) is 0 Å². The molecule has 0 unspecified atom stereocenters. The fourth-order valence-corrected chi connectivity index (χ4v) is 3.29. The van der Waals surface area contributed by atoms with E-state index in [9.17, 15) is 4.79 Å². The number of hydrogen-bond donors (Lipinski definition) is 0. The summed E-state index contributed by atoms with van der Waals surface area (Å²) >= 11 is 5.89. The minimum Gasteiger partial charge on any atom is -0.338 e. The van der Waals surface area contributed by atoms with E-state index in [2.05, 4.69) is 35.1 Å². The van der Waals surface area contributed by atoms with Gasteiger partial charge in [-0.25, -0.2) is 0 Å². The molecule has 8 heteroatoms. The summed E-state index contributed by atoms with van der Waals surface area (Å²) in [4.78, 5) is 17.0. The van der Waals surface area contributed by atoms with Gasteiger partial charge in [-0.15, -0.1) is 0 Å². The Morgan fingerprint density at radius 2 is 2.00 bits per heavy atom. The van der Waals surface area contributed by atoms with Gasteiger partial charge < -0.3 is 4.90 Å². The molecule has 1 aliphatic heterocycles. The van der Waals surface area contributed by atoms with Crippen molar-refractivity contribution in [1.82, 2.24) is 29.4 Å². The third-order valence-corrected chi connectivity index (χ3v) is 4.97. The van der Waals surface area contributed by atoms with Gasteiger partial charge in [-0.3, -0.25) is 19.1 Å². The van der Waals surface area contributed by atoms with Gasteiger partial charge in [-0.1, -0.05) is 11.6 Å². The summed E-state index contributed by atoms with van der Waals surface area (Å²) in [5.41, 5.74) is 2.35. The Morgan fingerprint density at radius 3 is 2.56 bits per heavy atom. The monoisotopic (exact) mass is 364 g/mol. The Balaban J connectivity index is 1.54. The molecule has 0 saturated carbocycles. The van der Waals surface area contributed by atoms with Gasteiger partial charge in [0.2, 0.25) is 5.91 Å². The van der Waals surface area contributed by atoms with Crippen LogP contribution in [-0.2, 0) is 17.9 Å². The smallest absolute Gasteiger partial charge is 0.247 e. The number of amides is 1. The predicted octanol–water partition coefficient (Wildman–Crippen LogP) is 1.97. The molecule has 1 atom stereocenters. The zero-order chi connectivity index (χ0) is 18.0. The quantitative estimate of drug-likeness (QED) is 0.813.